The number of nitrogens with two attached hydrogens (primary N) is 1. The van der Waals surface area contributed by atoms with Crippen molar-refractivity contribution in [3.63, 3.8) is 0 Å². The summed E-state index contributed by atoms with van der Waals surface area (Å²) in [5.41, 5.74) is 9.57. The smallest absolute Gasteiger partial charge is 0.160 e. The molecule has 3 aromatic rings. The molecule has 0 aliphatic carbocycles. The Morgan fingerprint density at radius 2 is 2.05 bits per heavy atom. The van der Waals surface area contributed by atoms with E-state index in [0.717, 1.165) is 28.8 Å². The van der Waals surface area contributed by atoms with Gasteiger partial charge in [0.25, 0.3) is 0 Å². The average Bonchev–Trinajstić information content (AvgIpc) is 2.98. The van der Waals surface area contributed by atoms with Gasteiger partial charge in [-0.25, -0.2) is 0 Å². The van der Waals surface area contributed by atoms with Crippen LogP contribution in [0.15, 0.2) is 34.9 Å². The molecule has 2 N–H and O–H groups in total. The molecule has 0 atom stereocenters. The Kier molecular flexibility index (Phi) is 3.01. The standard InChI is InChI=1S/C16H19N3O/c1-4-11-12-7-5-6-8-14(12)20-16(11)15-13(17)9-19(18-15)10(2)3/h5-10H,4,17H2,1-3H3. The maximum Gasteiger partial charge on any atom is 0.160 e. The number of anilines is 1. The molecule has 0 saturated heterocycles. The van der Waals surface area contributed by atoms with Crippen LogP contribution in [0, 0.1) is 0 Å². The van der Waals surface area contributed by atoms with Crippen molar-refractivity contribution in [3.05, 3.63) is 36.0 Å². The highest BCUT2D eigenvalue weighted by Crippen LogP contribution is 2.36. The first kappa shape index (κ1) is 12.8. The molecule has 2 heterocycles. The summed E-state index contributed by atoms with van der Waals surface area (Å²) in [5.74, 6) is 0.797. The van der Waals surface area contributed by atoms with Crippen molar-refractivity contribution in [1.29, 1.82) is 0 Å². The molecule has 0 aliphatic rings. The summed E-state index contributed by atoms with van der Waals surface area (Å²) >= 11 is 0. The summed E-state index contributed by atoms with van der Waals surface area (Å²) in [5, 5.41) is 5.72. The number of furan rings is 1. The fraction of sp³-hybridized carbons (Fsp3) is 0.312. The first-order chi connectivity index (χ1) is 9.61. The van der Waals surface area contributed by atoms with Crippen molar-refractivity contribution in [1.82, 2.24) is 9.78 Å². The first-order valence-electron chi connectivity index (χ1n) is 6.97. The van der Waals surface area contributed by atoms with E-state index < -0.39 is 0 Å². The maximum absolute atomic E-state index is 6.11. The van der Waals surface area contributed by atoms with Gasteiger partial charge in [-0.05, 0) is 26.3 Å². The van der Waals surface area contributed by atoms with Crippen molar-refractivity contribution in [2.45, 2.75) is 33.2 Å². The number of rotatable bonds is 3. The van der Waals surface area contributed by atoms with Gasteiger partial charge in [-0.1, -0.05) is 25.1 Å². The Morgan fingerprint density at radius 3 is 2.70 bits per heavy atom. The molecule has 0 aliphatic heterocycles. The third-order valence-corrected chi connectivity index (χ3v) is 3.56. The van der Waals surface area contributed by atoms with Gasteiger partial charge in [0.15, 0.2) is 11.5 Å². The highest BCUT2D eigenvalue weighted by molar-refractivity contribution is 5.89. The van der Waals surface area contributed by atoms with E-state index in [0.29, 0.717) is 5.69 Å². The van der Waals surface area contributed by atoms with Crippen LogP contribution in [0.3, 0.4) is 0 Å². The van der Waals surface area contributed by atoms with Gasteiger partial charge in [-0.3, -0.25) is 4.68 Å². The number of nitrogen functional groups attached to an aromatic ring is 1. The van der Waals surface area contributed by atoms with Crippen LogP contribution >= 0.6 is 0 Å². The topological polar surface area (TPSA) is 57.0 Å². The van der Waals surface area contributed by atoms with E-state index in [9.17, 15) is 0 Å². The lowest BCUT2D eigenvalue weighted by Gasteiger charge is -2.03. The molecule has 0 radical (unpaired) electrons. The molecule has 2 aromatic heterocycles. The molecule has 20 heavy (non-hydrogen) atoms. The van der Waals surface area contributed by atoms with Gasteiger partial charge < -0.3 is 10.2 Å². The lowest BCUT2D eigenvalue weighted by atomic mass is 10.1. The van der Waals surface area contributed by atoms with Crippen LogP contribution in [0.4, 0.5) is 5.69 Å². The molecule has 104 valence electrons. The van der Waals surface area contributed by atoms with E-state index in [1.165, 1.54) is 5.56 Å². The normalized spacial score (nSPS) is 11.6. The maximum atomic E-state index is 6.11. The zero-order valence-corrected chi connectivity index (χ0v) is 12.1. The molecule has 0 amide bonds. The van der Waals surface area contributed by atoms with Crippen molar-refractivity contribution < 1.29 is 4.42 Å². The van der Waals surface area contributed by atoms with Crippen LogP contribution in [-0.2, 0) is 6.42 Å². The molecule has 0 saturated carbocycles. The number of fused-ring (bicyclic) bond motifs is 1. The zero-order chi connectivity index (χ0) is 14.3. The Bertz CT molecular complexity index is 752. The second-order valence-corrected chi connectivity index (χ2v) is 5.27. The lowest BCUT2D eigenvalue weighted by Crippen LogP contribution is -2.00. The van der Waals surface area contributed by atoms with Crippen LogP contribution < -0.4 is 5.73 Å². The Balaban J connectivity index is 2.23. The second-order valence-electron chi connectivity index (χ2n) is 5.27. The number of benzene rings is 1. The van der Waals surface area contributed by atoms with E-state index in [-0.39, 0.29) is 6.04 Å². The third kappa shape index (κ3) is 1.88. The summed E-state index contributed by atoms with van der Waals surface area (Å²) in [6.45, 7) is 6.28. The van der Waals surface area contributed by atoms with Crippen LogP contribution in [0.2, 0.25) is 0 Å². The predicted molar refractivity (Wildman–Crippen MR) is 81.6 cm³/mol. The first-order valence-corrected chi connectivity index (χ1v) is 6.97. The van der Waals surface area contributed by atoms with Gasteiger partial charge in [0, 0.05) is 23.2 Å². The highest BCUT2D eigenvalue weighted by Gasteiger charge is 2.19. The molecule has 0 spiro atoms. The number of hydrogen-bond acceptors (Lipinski definition) is 3. The van der Waals surface area contributed by atoms with Crippen LogP contribution in [0.5, 0.6) is 0 Å². The molecular weight excluding hydrogens is 250 g/mol. The van der Waals surface area contributed by atoms with Crippen molar-refractivity contribution in [2.75, 3.05) is 5.73 Å². The van der Waals surface area contributed by atoms with E-state index in [1.807, 2.05) is 29.1 Å². The molecule has 4 heteroatoms. The minimum absolute atomic E-state index is 0.278. The largest absolute Gasteiger partial charge is 0.454 e. The minimum atomic E-state index is 0.278. The Hall–Kier alpha value is -2.23. The van der Waals surface area contributed by atoms with Crippen LogP contribution in [0.1, 0.15) is 32.4 Å². The fourth-order valence-corrected chi connectivity index (χ4v) is 2.49. The minimum Gasteiger partial charge on any atom is -0.454 e. The van der Waals surface area contributed by atoms with Gasteiger partial charge >= 0.3 is 0 Å². The highest BCUT2D eigenvalue weighted by atomic mass is 16.3. The number of para-hydroxylation sites is 1. The summed E-state index contributed by atoms with van der Waals surface area (Å²) < 4.78 is 7.87. The van der Waals surface area contributed by atoms with Gasteiger partial charge in [-0.15, -0.1) is 0 Å². The number of aryl methyl sites for hydroxylation is 1. The SMILES string of the molecule is CCc1c(-c2nn(C(C)C)cc2N)oc2ccccc12. The van der Waals surface area contributed by atoms with Crippen LogP contribution in [-0.4, -0.2) is 9.78 Å². The monoisotopic (exact) mass is 269 g/mol. The van der Waals surface area contributed by atoms with Crippen molar-refractivity contribution in [2.24, 2.45) is 0 Å². The molecule has 3 rings (SSSR count). The van der Waals surface area contributed by atoms with E-state index in [1.54, 1.807) is 0 Å². The quantitative estimate of drug-likeness (QED) is 0.781. The lowest BCUT2D eigenvalue weighted by molar-refractivity contribution is 0.530. The molecule has 0 unspecified atom stereocenters. The second kappa shape index (κ2) is 4.71. The molecule has 1 aromatic carbocycles. The van der Waals surface area contributed by atoms with Crippen molar-refractivity contribution in [3.8, 4) is 11.5 Å². The molecule has 0 fully saturated rings. The number of nitrogens with zero attached hydrogens (tertiary/aromatic N) is 2. The molecular formula is C16H19N3O. The predicted octanol–water partition coefficient (Wildman–Crippen LogP) is 4.02. The zero-order valence-electron chi connectivity index (χ0n) is 12.1. The Morgan fingerprint density at radius 1 is 1.30 bits per heavy atom. The average molecular weight is 269 g/mol. The van der Waals surface area contributed by atoms with Crippen LogP contribution in [0.25, 0.3) is 22.4 Å². The van der Waals surface area contributed by atoms with Crippen molar-refractivity contribution >= 4 is 16.7 Å². The van der Waals surface area contributed by atoms with Gasteiger partial charge in [0.05, 0.1) is 5.69 Å². The van der Waals surface area contributed by atoms with Gasteiger partial charge in [0.1, 0.15) is 5.58 Å². The van der Waals surface area contributed by atoms with Gasteiger partial charge in [-0.2, -0.15) is 5.10 Å². The van der Waals surface area contributed by atoms with E-state index >= 15 is 0 Å². The number of aromatic nitrogens is 2. The summed E-state index contributed by atoms with van der Waals surface area (Å²) in [6, 6.07) is 8.34. The summed E-state index contributed by atoms with van der Waals surface area (Å²) in [6.07, 6.45) is 2.76. The fourth-order valence-electron chi connectivity index (χ4n) is 2.49. The van der Waals surface area contributed by atoms with Gasteiger partial charge in [0.2, 0.25) is 0 Å². The molecule has 4 nitrogen and oxygen atoms in total. The Labute approximate surface area is 118 Å². The summed E-state index contributed by atoms with van der Waals surface area (Å²) in [4.78, 5) is 0. The van der Waals surface area contributed by atoms with E-state index in [4.69, 9.17) is 10.2 Å². The third-order valence-electron chi connectivity index (χ3n) is 3.56. The number of hydrogen-bond donors (Lipinski definition) is 1. The summed E-state index contributed by atoms with van der Waals surface area (Å²) in [7, 11) is 0. The molecule has 0 bridgehead atoms. The van der Waals surface area contributed by atoms with E-state index in [2.05, 4.69) is 31.9 Å².